The SMILES string of the molecule is Cn1c(N)nc2c(Cc3ccccc3)c(N)ccc21. The first-order chi connectivity index (χ1) is 9.16. The maximum absolute atomic E-state index is 6.10. The third-order valence-corrected chi connectivity index (χ3v) is 3.45. The molecule has 0 saturated carbocycles. The van der Waals surface area contributed by atoms with Gasteiger partial charge in [0.15, 0.2) is 0 Å². The van der Waals surface area contributed by atoms with Crippen molar-refractivity contribution >= 4 is 22.7 Å². The summed E-state index contributed by atoms with van der Waals surface area (Å²) in [6, 6.07) is 14.1. The second-order valence-electron chi connectivity index (χ2n) is 4.69. The minimum atomic E-state index is 0.509. The molecule has 2 aromatic carbocycles. The number of fused-ring (bicyclic) bond motifs is 1. The zero-order valence-electron chi connectivity index (χ0n) is 10.8. The molecule has 0 bridgehead atoms. The van der Waals surface area contributed by atoms with E-state index in [4.69, 9.17) is 11.5 Å². The molecule has 3 rings (SSSR count). The number of hydrogen-bond donors (Lipinski definition) is 2. The Morgan fingerprint density at radius 1 is 1.05 bits per heavy atom. The topological polar surface area (TPSA) is 69.9 Å². The van der Waals surface area contributed by atoms with Crippen LogP contribution < -0.4 is 11.5 Å². The number of nitrogen functional groups attached to an aromatic ring is 2. The van der Waals surface area contributed by atoms with Gasteiger partial charge in [-0.3, -0.25) is 0 Å². The summed E-state index contributed by atoms with van der Waals surface area (Å²) in [4.78, 5) is 4.43. The lowest BCUT2D eigenvalue weighted by atomic mass is 10.0. The first-order valence-electron chi connectivity index (χ1n) is 6.20. The van der Waals surface area contributed by atoms with Gasteiger partial charge in [0.1, 0.15) is 0 Å². The number of anilines is 2. The van der Waals surface area contributed by atoms with Crippen molar-refractivity contribution in [3.05, 3.63) is 53.6 Å². The summed E-state index contributed by atoms with van der Waals surface area (Å²) in [6.45, 7) is 0. The number of aryl methyl sites for hydroxylation is 1. The second-order valence-corrected chi connectivity index (χ2v) is 4.69. The van der Waals surface area contributed by atoms with Crippen molar-refractivity contribution in [3.8, 4) is 0 Å². The largest absolute Gasteiger partial charge is 0.398 e. The highest BCUT2D eigenvalue weighted by Crippen LogP contribution is 2.27. The van der Waals surface area contributed by atoms with Crippen LogP contribution in [0, 0.1) is 0 Å². The number of hydrogen-bond acceptors (Lipinski definition) is 3. The van der Waals surface area contributed by atoms with Crippen LogP contribution in [0.5, 0.6) is 0 Å². The van der Waals surface area contributed by atoms with Gasteiger partial charge < -0.3 is 16.0 Å². The smallest absolute Gasteiger partial charge is 0.200 e. The van der Waals surface area contributed by atoms with Gasteiger partial charge in [0, 0.05) is 24.7 Å². The Hall–Kier alpha value is -2.49. The van der Waals surface area contributed by atoms with E-state index in [1.807, 2.05) is 41.9 Å². The zero-order valence-corrected chi connectivity index (χ0v) is 10.8. The highest BCUT2D eigenvalue weighted by molar-refractivity contribution is 5.86. The van der Waals surface area contributed by atoms with Crippen molar-refractivity contribution < 1.29 is 0 Å². The average molecular weight is 252 g/mol. The van der Waals surface area contributed by atoms with Gasteiger partial charge in [0.25, 0.3) is 0 Å². The van der Waals surface area contributed by atoms with Crippen molar-refractivity contribution in [1.82, 2.24) is 9.55 Å². The van der Waals surface area contributed by atoms with Crippen molar-refractivity contribution in [3.63, 3.8) is 0 Å². The molecule has 0 fully saturated rings. The lowest BCUT2D eigenvalue weighted by Gasteiger charge is -2.07. The van der Waals surface area contributed by atoms with E-state index in [0.29, 0.717) is 5.95 Å². The second kappa shape index (κ2) is 4.31. The third-order valence-electron chi connectivity index (χ3n) is 3.45. The number of nitrogens with zero attached hydrogens (tertiary/aromatic N) is 2. The molecule has 0 radical (unpaired) electrons. The summed E-state index contributed by atoms with van der Waals surface area (Å²) in [6.07, 6.45) is 0.764. The Bertz CT molecular complexity index is 729. The number of nitrogens with two attached hydrogens (primary N) is 2. The summed E-state index contributed by atoms with van der Waals surface area (Å²) < 4.78 is 1.88. The minimum Gasteiger partial charge on any atom is -0.398 e. The van der Waals surface area contributed by atoms with Crippen LogP contribution in [-0.2, 0) is 13.5 Å². The van der Waals surface area contributed by atoms with Gasteiger partial charge in [-0.2, -0.15) is 0 Å². The van der Waals surface area contributed by atoms with Gasteiger partial charge >= 0.3 is 0 Å². The van der Waals surface area contributed by atoms with Crippen LogP contribution in [0.1, 0.15) is 11.1 Å². The molecule has 0 aliphatic carbocycles. The minimum absolute atomic E-state index is 0.509. The summed E-state index contributed by atoms with van der Waals surface area (Å²) in [5, 5.41) is 0. The molecule has 19 heavy (non-hydrogen) atoms. The van der Waals surface area contributed by atoms with E-state index in [2.05, 4.69) is 17.1 Å². The summed E-state index contributed by atoms with van der Waals surface area (Å²) in [5.41, 5.74) is 16.9. The first-order valence-corrected chi connectivity index (χ1v) is 6.20. The number of benzene rings is 2. The van der Waals surface area contributed by atoms with Crippen LogP contribution in [0.25, 0.3) is 11.0 Å². The molecule has 96 valence electrons. The molecule has 0 aliphatic heterocycles. The van der Waals surface area contributed by atoms with E-state index < -0.39 is 0 Å². The third kappa shape index (κ3) is 1.91. The number of imidazole rings is 1. The highest BCUT2D eigenvalue weighted by atomic mass is 15.1. The van der Waals surface area contributed by atoms with E-state index in [1.165, 1.54) is 5.56 Å². The monoisotopic (exact) mass is 252 g/mol. The van der Waals surface area contributed by atoms with Gasteiger partial charge in [0.2, 0.25) is 5.95 Å². The molecule has 0 amide bonds. The first kappa shape index (κ1) is 11.6. The fraction of sp³-hybridized carbons (Fsp3) is 0.133. The number of aromatic nitrogens is 2. The fourth-order valence-corrected chi connectivity index (χ4v) is 2.33. The van der Waals surface area contributed by atoms with Gasteiger partial charge in [-0.05, 0) is 17.7 Å². The van der Waals surface area contributed by atoms with Crippen molar-refractivity contribution in [1.29, 1.82) is 0 Å². The van der Waals surface area contributed by atoms with Crippen LogP contribution in [-0.4, -0.2) is 9.55 Å². The molecule has 0 spiro atoms. The maximum atomic E-state index is 6.10. The standard InChI is InChI=1S/C15H16N4/c1-19-13-8-7-12(16)11(14(13)18-15(19)17)9-10-5-3-2-4-6-10/h2-8H,9,16H2,1H3,(H2,17,18). The van der Waals surface area contributed by atoms with Crippen LogP contribution in [0.3, 0.4) is 0 Å². The number of rotatable bonds is 2. The Labute approximate surface area is 111 Å². The Balaban J connectivity index is 2.17. The fourth-order valence-electron chi connectivity index (χ4n) is 2.33. The highest BCUT2D eigenvalue weighted by Gasteiger charge is 2.12. The van der Waals surface area contributed by atoms with Crippen molar-refractivity contribution in [2.45, 2.75) is 6.42 Å². The molecular weight excluding hydrogens is 236 g/mol. The molecular formula is C15H16N4. The lowest BCUT2D eigenvalue weighted by Crippen LogP contribution is -1.98. The predicted octanol–water partition coefficient (Wildman–Crippen LogP) is 2.33. The van der Waals surface area contributed by atoms with E-state index in [-0.39, 0.29) is 0 Å². The van der Waals surface area contributed by atoms with Crippen molar-refractivity contribution in [2.75, 3.05) is 11.5 Å². The van der Waals surface area contributed by atoms with Gasteiger partial charge in [-0.25, -0.2) is 4.98 Å². The molecule has 4 heteroatoms. The lowest BCUT2D eigenvalue weighted by molar-refractivity contribution is 0.965. The van der Waals surface area contributed by atoms with E-state index in [0.717, 1.165) is 28.7 Å². The molecule has 0 unspecified atom stereocenters. The molecule has 1 heterocycles. The normalized spacial score (nSPS) is 11.0. The molecule has 4 N–H and O–H groups in total. The van der Waals surface area contributed by atoms with Crippen LogP contribution >= 0.6 is 0 Å². The van der Waals surface area contributed by atoms with Gasteiger partial charge in [-0.15, -0.1) is 0 Å². The summed E-state index contributed by atoms with van der Waals surface area (Å²) in [7, 11) is 1.91. The van der Waals surface area contributed by atoms with Gasteiger partial charge in [-0.1, -0.05) is 30.3 Å². The van der Waals surface area contributed by atoms with Gasteiger partial charge in [0.05, 0.1) is 11.0 Å². The van der Waals surface area contributed by atoms with E-state index in [1.54, 1.807) is 0 Å². The quantitative estimate of drug-likeness (QED) is 0.688. The summed E-state index contributed by atoms with van der Waals surface area (Å²) in [5.74, 6) is 0.509. The van der Waals surface area contributed by atoms with Crippen LogP contribution in [0.2, 0.25) is 0 Å². The maximum Gasteiger partial charge on any atom is 0.200 e. The zero-order chi connectivity index (χ0) is 13.4. The summed E-state index contributed by atoms with van der Waals surface area (Å²) >= 11 is 0. The molecule has 3 aromatic rings. The van der Waals surface area contributed by atoms with Crippen LogP contribution in [0.4, 0.5) is 11.6 Å². The predicted molar refractivity (Wildman–Crippen MR) is 78.8 cm³/mol. The Morgan fingerprint density at radius 3 is 2.53 bits per heavy atom. The Kier molecular flexibility index (Phi) is 2.63. The average Bonchev–Trinajstić information content (AvgIpc) is 2.71. The molecule has 4 nitrogen and oxygen atoms in total. The molecule has 0 aliphatic rings. The molecule has 1 aromatic heterocycles. The van der Waals surface area contributed by atoms with Crippen LogP contribution in [0.15, 0.2) is 42.5 Å². The molecule has 0 atom stereocenters. The van der Waals surface area contributed by atoms with E-state index >= 15 is 0 Å². The molecule has 0 saturated heterocycles. The van der Waals surface area contributed by atoms with Crippen molar-refractivity contribution in [2.24, 2.45) is 7.05 Å². The van der Waals surface area contributed by atoms with E-state index in [9.17, 15) is 0 Å². The Morgan fingerprint density at radius 2 is 1.79 bits per heavy atom.